The molecule has 1 fully saturated rings. The number of thiol groups is 1. The summed E-state index contributed by atoms with van der Waals surface area (Å²) in [6.07, 6.45) is 2.32. The molecule has 0 N–H and O–H groups in total. The van der Waals surface area contributed by atoms with Gasteiger partial charge in [0, 0.05) is 12.3 Å². The fraction of sp³-hybridized carbons (Fsp3) is 1.00. The van der Waals surface area contributed by atoms with E-state index >= 15 is 0 Å². The zero-order chi connectivity index (χ0) is 11.3. The number of rotatable bonds is 5. The van der Waals surface area contributed by atoms with Crippen molar-refractivity contribution in [3.63, 3.8) is 0 Å². The van der Waals surface area contributed by atoms with Gasteiger partial charge in [-0.2, -0.15) is 12.6 Å². The molecule has 90 valence electrons. The Kier molecular flexibility index (Phi) is 5.43. The minimum absolute atomic E-state index is 0.264. The maximum Gasteiger partial charge on any atom is 0.151 e. The standard InChI is InChI=1S/C10H21NO2S2/c1-2-15(12,13)8-7-11-5-3-10(9-14)4-6-11/h10,14H,2-9H2,1H3. The van der Waals surface area contributed by atoms with E-state index in [1.165, 1.54) is 0 Å². The van der Waals surface area contributed by atoms with Crippen molar-refractivity contribution in [2.24, 2.45) is 5.92 Å². The molecule has 0 aromatic carbocycles. The molecule has 0 saturated carbocycles. The van der Waals surface area contributed by atoms with Crippen LogP contribution >= 0.6 is 12.6 Å². The molecule has 1 rings (SSSR count). The van der Waals surface area contributed by atoms with Crippen molar-refractivity contribution in [2.45, 2.75) is 19.8 Å². The zero-order valence-electron chi connectivity index (χ0n) is 9.35. The van der Waals surface area contributed by atoms with Crippen LogP contribution in [0.25, 0.3) is 0 Å². The van der Waals surface area contributed by atoms with Crippen LogP contribution in [0.4, 0.5) is 0 Å². The molecule has 1 heterocycles. The van der Waals surface area contributed by atoms with Crippen molar-refractivity contribution >= 4 is 22.5 Å². The predicted molar refractivity (Wildman–Crippen MR) is 67.3 cm³/mol. The van der Waals surface area contributed by atoms with Gasteiger partial charge < -0.3 is 4.90 Å². The van der Waals surface area contributed by atoms with Crippen LogP contribution in [-0.2, 0) is 9.84 Å². The Labute approximate surface area is 98.6 Å². The van der Waals surface area contributed by atoms with E-state index in [0.29, 0.717) is 12.3 Å². The largest absolute Gasteiger partial charge is 0.302 e. The van der Waals surface area contributed by atoms with Crippen LogP contribution in [0.2, 0.25) is 0 Å². The minimum atomic E-state index is -2.79. The first-order valence-electron chi connectivity index (χ1n) is 5.61. The monoisotopic (exact) mass is 251 g/mol. The highest BCUT2D eigenvalue weighted by molar-refractivity contribution is 7.91. The number of likely N-dealkylation sites (tertiary alicyclic amines) is 1. The molecule has 0 amide bonds. The molecule has 1 aliphatic heterocycles. The number of nitrogens with zero attached hydrogens (tertiary/aromatic N) is 1. The number of sulfone groups is 1. The number of piperidine rings is 1. The van der Waals surface area contributed by atoms with Crippen molar-refractivity contribution in [1.82, 2.24) is 4.90 Å². The molecule has 0 atom stereocenters. The average Bonchev–Trinajstić information content (AvgIpc) is 2.27. The molecule has 0 aromatic heterocycles. The highest BCUT2D eigenvalue weighted by Crippen LogP contribution is 2.17. The van der Waals surface area contributed by atoms with Crippen molar-refractivity contribution in [2.75, 3.05) is 36.9 Å². The van der Waals surface area contributed by atoms with Crippen LogP contribution in [0.3, 0.4) is 0 Å². The maximum atomic E-state index is 11.3. The van der Waals surface area contributed by atoms with Gasteiger partial charge in [-0.3, -0.25) is 0 Å². The molecule has 15 heavy (non-hydrogen) atoms. The SMILES string of the molecule is CCS(=O)(=O)CCN1CCC(CS)CC1. The molecule has 1 aliphatic rings. The van der Waals surface area contributed by atoms with Gasteiger partial charge in [-0.15, -0.1) is 0 Å². The lowest BCUT2D eigenvalue weighted by atomic mass is 9.99. The van der Waals surface area contributed by atoms with Crippen LogP contribution < -0.4 is 0 Å². The number of hydrogen-bond donors (Lipinski definition) is 1. The molecular formula is C10H21NO2S2. The Morgan fingerprint density at radius 1 is 1.33 bits per heavy atom. The molecule has 1 saturated heterocycles. The van der Waals surface area contributed by atoms with E-state index in [-0.39, 0.29) is 5.75 Å². The summed E-state index contributed by atoms with van der Waals surface area (Å²) in [6, 6.07) is 0. The smallest absolute Gasteiger partial charge is 0.151 e. The first-order chi connectivity index (χ1) is 7.07. The fourth-order valence-corrected chi connectivity index (χ4v) is 3.00. The van der Waals surface area contributed by atoms with E-state index in [1.807, 2.05) is 0 Å². The van der Waals surface area contributed by atoms with Gasteiger partial charge in [0.15, 0.2) is 9.84 Å². The molecule has 5 heteroatoms. The van der Waals surface area contributed by atoms with Crippen molar-refractivity contribution in [3.8, 4) is 0 Å². The molecular weight excluding hydrogens is 230 g/mol. The van der Waals surface area contributed by atoms with E-state index < -0.39 is 9.84 Å². The van der Waals surface area contributed by atoms with Crippen molar-refractivity contribution in [1.29, 1.82) is 0 Å². The van der Waals surface area contributed by atoms with Gasteiger partial charge in [0.2, 0.25) is 0 Å². The normalized spacial score (nSPS) is 20.7. The van der Waals surface area contributed by atoms with Crippen molar-refractivity contribution < 1.29 is 8.42 Å². The zero-order valence-corrected chi connectivity index (χ0v) is 11.1. The summed E-state index contributed by atoms with van der Waals surface area (Å²) < 4.78 is 22.6. The van der Waals surface area contributed by atoms with Gasteiger partial charge in [0.05, 0.1) is 5.75 Å². The summed E-state index contributed by atoms with van der Waals surface area (Å²) in [5.41, 5.74) is 0. The molecule has 0 bridgehead atoms. The second kappa shape index (κ2) is 6.11. The minimum Gasteiger partial charge on any atom is -0.302 e. The van der Waals surface area contributed by atoms with Gasteiger partial charge in [-0.1, -0.05) is 6.92 Å². The van der Waals surface area contributed by atoms with Crippen LogP contribution in [0.15, 0.2) is 0 Å². The lowest BCUT2D eigenvalue weighted by Crippen LogP contribution is -2.37. The average molecular weight is 251 g/mol. The third-order valence-electron chi connectivity index (χ3n) is 3.12. The summed E-state index contributed by atoms with van der Waals surface area (Å²) in [4.78, 5) is 2.26. The predicted octanol–water partition coefficient (Wildman–Crippen LogP) is 1.06. The molecule has 0 aliphatic carbocycles. The Morgan fingerprint density at radius 3 is 2.40 bits per heavy atom. The van der Waals surface area contributed by atoms with E-state index in [2.05, 4.69) is 17.5 Å². The Morgan fingerprint density at radius 2 is 1.93 bits per heavy atom. The van der Waals surface area contributed by atoms with Gasteiger partial charge in [-0.05, 0) is 37.6 Å². The van der Waals surface area contributed by atoms with E-state index in [1.54, 1.807) is 6.92 Å². The first-order valence-corrected chi connectivity index (χ1v) is 8.06. The first kappa shape index (κ1) is 13.3. The van der Waals surface area contributed by atoms with E-state index in [0.717, 1.165) is 37.6 Å². The third kappa shape index (κ3) is 4.74. The summed E-state index contributed by atoms with van der Waals surface area (Å²) in [5, 5.41) is 0. The van der Waals surface area contributed by atoms with Gasteiger partial charge in [-0.25, -0.2) is 8.42 Å². The Balaban J connectivity index is 2.25. The Bertz CT molecular complexity index is 269. The van der Waals surface area contributed by atoms with Gasteiger partial charge in [0.25, 0.3) is 0 Å². The lowest BCUT2D eigenvalue weighted by molar-refractivity contribution is 0.204. The fourth-order valence-electron chi connectivity index (χ4n) is 1.81. The summed E-state index contributed by atoms with van der Waals surface area (Å²) in [6.45, 7) is 4.48. The summed E-state index contributed by atoms with van der Waals surface area (Å²) in [5.74, 6) is 2.27. The second-order valence-electron chi connectivity index (χ2n) is 4.20. The van der Waals surface area contributed by atoms with Crippen molar-refractivity contribution in [3.05, 3.63) is 0 Å². The van der Waals surface area contributed by atoms with Crippen LogP contribution in [0, 0.1) is 5.92 Å². The van der Waals surface area contributed by atoms with Crippen LogP contribution in [-0.4, -0.2) is 50.2 Å². The maximum absolute atomic E-state index is 11.3. The molecule has 0 aromatic rings. The highest BCUT2D eigenvalue weighted by Gasteiger charge is 2.19. The molecule has 0 unspecified atom stereocenters. The highest BCUT2D eigenvalue weighted by atomic mass is 32.2. The second-order valence-corrected chi connectivity index (χ2v) is 7.04. The quantitative estimate of drug-likeness (QED) is 0.743. The van der Waals surface area contributed by atoms with E-state index in [9.17, 15) is 8.42 Å². The van der Waals surface area contributed by atoms with E-state index in [4.69, 9.17) is 0 Å². The Hall–Kier alpha value is 0.260. The van der Waals surface area contributed by atoms with Gasteiger partial charge >= 0.3 is 0 Å². The van der Waals surface area contributed by atoms with Gasteiger partial charge in [0.1, 0.15) is 0 Å². The number of hydrogen-bond acceptors (Lipinski definition) is 4. The van der Waals surface area contributed by atoms with Crippen LogP contribution in [0.5, 0.6) is 0 Å². The molecule has 0 spiro atoms. The topological polar surface area (TPSA) is 37.4 Å². The van der Waals surface area contributed by atoms with Crippen LogP contribution in [0.1, 0.15) is 19.8 Å². The summed E-state index contributed by atoms with van der Waals surface area (Å²) >= 11 is 4.29. The molecule has 3 nitrogen and oxygen atoms in total. The lowest BCUT2D eigenvalue weighted by Gasteiger charge is -2.30. The summed E-state index contributed by atoms with van der Waals surface area (Å²) in [7, 11) is -2.79. The molecule has 0 radical (unpaired) electrons. The third-order valence-corrected chi connectivity index (χ3v) is 5.32.